The van der Waals surface area contributed by atoms with Gasteiger partial charge in [-0.15, -0.1) is 0 Å². The highest BCUT2D eigenvalue weighted by Gasteiger charge is 2.26. The van der Waals surface area contributed by atoms with E-state index >= 15 is 0 Å². The van der Waals surface area contributed by atoms with E-state index in [4.69, 9.17) is 0 Å². The first kappa shape index (κ1) is 10.8. The summed E-state index contributed by atoms with van der Waals surface area (Å²) in [4.78, 5) is 16.3. The fourth-order valence-electron chi connectivity index (χ4n) is 2.00. The Kier molecular flexibility index (Phi) is 3.00. The van der Waals surface area contributed by atoms with Crippen LogP contribution in [0.25, 0.3) is 0 Å². The van der Waals surface area contributed by atoms with Gasteiger partial charge in [-0.3, -0.25) is 15.1 Å². The molecule has 16 heavy (non-hydrogen) atoms. The predicted molar refractivity (Wildman–Crippen MR) is 60.6 cm³/mol. The maximum atomic E-state index is 10.9. The van der Waals surface area contributed by atoms with Crippen molar-refractivity contribution in [2.45, 2.75) is 12.5 Å². The molecule has 86 valence electrons. The molecule has 6 nitrogen and oxygen atoms in total. The lowest BCUT2D eigenvalue weighted by Crippen LogP contribution is -2.29. The number of nitro groups is 1. The quantitative estimate of drug-likeness (QED) is 0.604. The fraction of sp³-hybridized carbons (Fsp3) is 0.500. The summed E-state index contributed by atoms with van der Waals surface area (Å²) in [6.45, 7) is 1.65. The third kappa shape index (κ3) is 1.96. The number of nitrogens with one attached hydrogen (secondary N) is 1. The summed E-state index contributed by atoms with van der Waals surface area (Å²) in [7, 11) is 1.91. The van der Waals surface area contributed by atoms with E-state index in [0.717, 1.165) is 19.5 Å². The molecular weight excluding hydrogens is 208 g/mol. The van der Waals surface area contributed by atoms with E-state index in [0.29, 0.717) is 11.7 Å². The molecule has 0 bridgehead atoms. The number of aromatic nitrogens is 1. The van der Waals surface area contributed by atoms with Gasteiger partial charge in [0.15, 0.2) is 0 Å². The molecule has 2 heterocycles. The molecule has 1 aromatic rings. The number of anilines is 1. The molecule has 6 heteroatoms. The Hall–Kier alpha value is -1.69. The number of hydrogen-bond acceptors (Lipinski definition) is 5. The van der Waals surface area contributed by atoms with Gasteiger partial charge >= 0.3 is 5.69 Å². The summed E-state index contributed by atoms with van der Waals surface area (Å²) in [6, 6.07) is 2.11. The third-order valence-electron chi connectivity index (χ3n) is 2.91. The standard InChI is InChI=1S/C10H14N4O2/c1-11-8-3-5-13(7-8)9-2-4-12-6-10(9)14(15)16/h2,4,6,8,11H,3,5,7H2,1H3. The van der Waals surface area contributed by atoms with Gasteiger partial charge in [0, 0.05) is 25.3 Å². The lowest BCUT2D eigenvalue weighted by atomic mass is 10.3. The molecule has 1 saturated heterocycles. The van der Waals surface area contributed by atoms with Crippen molar-refractivity contribution in [2.24, 2.45) is 0 Å². The van der Waals surface area contributed by atoms with Crippen LogP contribution in [0.2, 0.25) is 0 Å². The molecule has 0 amide bonds. The smallest absolute Gasteiger partial charge is 0.310 e. The van der Waals surface area contributed by atoms with Crippen molar-refractivity contribution in [1.82, 2.24) is 10.3 Å². The molecule has 1 N–H and O–H groups in total. The van der Waals surface area contributed by atoms with Gasteiger partial charge in [0.1, 0.15) is 11.9 Å². The van der Waals surface area contributed by atoms with Gasteiger partial charge in [-0.2, -0.15) is 0 Å². The first-order valence-electron chi connectivity index (χ1n) is 5.23. The van der Waals surface area contributed by atoms with Crippen LogP contribution in [-0.2, 0) is 0 Å². The minimum absolute atomic E-state index is 0.0826. The molecule has 2 rings (SSSR count). The van der Waals surface area contributed by atoms with Crippen molar-refractivity contribution in [3.05, 3.63) is 28.6 Å². The molecule has 1 aromatic heterocycles. The zero-order valence-corrected chi connectivity index (χ0v) is 9.09. The first-order valence-corrected chi connectivity index (χ1v) is 5.23. The number of hydrogen-bond donors (Lipinski definition) is 1. The van der Waals surface area contributed by atoms with Crippen LogP contribution in [0, 0.1) is 10.1 Å². The van der Waals surface area contributed by atoms with Crippen molar-refractivity contribution in [2.75, 3.05) is 25.0 Å². The summed E-state index contributed by atoms with van der Waals surface area (Å²) in [5.41, 5.74) is 0.747. The minimum Gasteiger partial charge on any atom is -0.364 e. The van der Waals surface area contributed by atoms with E-state index in [1.165, 1.54) is 6.20 Å². The summed E-state index contributed by atoms with van der Waals surface area (Å²) in [5.74, 6) is 0. The molecule has 1 fully saturated rings. The van der Waals surface area contributed by atoms with Gasteiger partial charge in [0.05, 0.1) is 4.92 Å². The topological polar surface area (TPSA) is 71.3 Å². The van der Waals surface area contributed by atoms with Crippen LogP contribution >= 0.6 is 0 Å². The van der Waals surface area contributed by atoms with Gasteiger partial charge in [-0.05, 0) is 19.5 Å². The summed E-state index contributed by atoms with van der Waals surface area (Å²) in [5, 5.41) is 14.0. The van der Waals surface area contributed by atoms with E-state index in [2.05, 4.69) is 10.3 Å². The molecule has 0 aliphatic carbocycles. The second-order valence-electron chi connectivity index (χ2n) is 3.84. The lowest BCUT2D eigenvalue weighted by molar-refractivity contribution is -0.384. The largest absolute Gasteiger partial charge is 0.364 e. The Balaban J connectivity index is 2.24. The minimum atomic E-state index is -0.380. The highest BCUT2D eigenvalue weighted by Crippen LogP contribution is 2.29. The van der Waals surface area contributed by atoms with Gasteiger partial charge < -0.3 is 10.2 Å². The highest BCUT2D eigenvalue weighted by atomic mass is 16.6. The van der Waals surface area contributed by atoms with Gasteiger partial charge in [-0.1, -0.05) is 0 Å². The van der Waals surface area contributed by atoms with Gasteiger partial charge in [0.2, 0.25) is 0 Å². The van der Waals surface area contributed by atoms with Gasteiger partial charge in [-0.25, -0.2) is 0 Å². The average molecular weight is 222 g/mol. The van der Waals surface area contributed by atoms with Crippen molar-refractivity contribution >= 4 is 11.4 Å². The predicted octanol–water partition coefficient (Wildman–Crippen LogP) is 0.788. The molecule has 1 aliphatic heterocycles. The van der Waals surface area contributed by atoms with Gasteiger partial charge in [0.25, 0.3) is 0 Å². The number of rotatable bonds is 3. The van der Waals surface area contributed by atoms with Crippen molar-refractivity contribution < 1.29 is 4.92 Å². The monoisotopic (exact) mass is 222 g/mol. The van der Waals surface area contributed by atoms with Crippen LogP contribution in [0.1, 0.15) is 6.42 Å². The van der Waals surface area contributed by atoms with Crippen LogP contribution in [0.3, 0.4) is 0 Å². The average Bonchev–Trinajstić information content (AvgIpc) is 2.77. The molecule has 0 radical (unpaired) electrons. The zero-order chi connectivity index (χ0) is 11.5. The fourth-order valence-corrected chi connectivity index (χ4v) is 2.00. The molecular formula is C10H14N4O2. The van der Waals surface area contributed by atoms with Crippen molar-refractivity contribution in [3.8, 4) is 0 Å². The number of likely N-dealkylation sites (N-methyl/N-ethyl adjacent to an activating group) is 1. The summed E-state index contributed by atoms with van der Waals surface area (Å²) >= 11 is 0. The lowest BCUT2D eigenvalue weighted by Gasteiger charge is -2.17. The van der Waals surface area contributed by atoms with Crippen LogP contribution < -0.4 is 10.2 Å². The Morgan fingerprint density at radius 2 is 2.50 bits per heavy atom. The third-order valence-corrected chi connectivity index (χ3v) is 2.91. The molecule has 0 aromatic carbocycles. The molecule has 0 spiro atoms. The maximum absolute atomic E-state index is 10.9. The van der Waals surface area contributed by atoms with E-state index < -0.39 is 0 Å². The molecule has 0 saturated carbocycles. The van der Waals surface area contributed by atoms with E-state index in [-0.39, 0.29) is 10.6 Å². The SMILES string of the molecule is CNC1CCN(c2ccncc2[N+](=O)[O-])C1. The Labute approximate surface area is 93.4 Å². The second-order valence-corrected chi connectivity index (χ2v) is 3.84. The van der Waals surface area contributed by atoms with Crippen molar-refractivity contribution in [1.29, 1.82) is 0 Å². The van der Waals surface area contributed by atoms with Crippen molar-refractivity contribution in [3.63, 3.8) is 0 Å². The molecule has 1 atom stereocenters. The van der Waals surface area contributed by atoms with E-state index in [9.17, 15) is 10.1 Å². The van der Waals surface area contributed by atoms with Crippen LogP contribution in [-0.4, -0.2) is 36.1 Å². The second kappa shape index (κ2) is 4.44. The van der Waals surface area contributed by atoms with Crippen LogP contribution in [0.15, 0.2) is 18.5 Å². The Morgan fingerprint density at radius 1 is 1.69 bits per heavy atom. The van der Waals surface area contributed by atoms with Crippen LogP contribution in [0.5, 0.6) is 0 Å². The Morgan fingerprint density at radius 3 is 3.12 bits per heavy atom. The zero-order valence-electron chi connectivity index (χ0n) is 9.09. The maximum Gasteiger partial charge on any atom is 0.310 e. The molecule has 1 aliphatic rings. The van der Waals surface area contributed by atoms with Crippen LogP contribution in [0.4, 0.5) is 11.4 Å². The normalized spacial score (nSPS) is 20.1. The number of nitrogens with zero attached hydrogens (tertiary/aromatic N) is 3. The van der Waals surface area contributed by atoms with E-state index in [1.807, 2.05) is 11.9 Å². The summed E-state index contributed by atoms with van der Waals surface area (Å²) < 4.78 is 0. The molecule has 1 unspecified atom stereocenters. The Bertz CT molecular complexity index is 396. The number of pyridine rings is 1. The van der Waals surface area contributed by atoms with E-state index in [1.54, 1.807) is 12.3 Å². The summed E-state index contributed by atoms with van der Waals surface area (Å²) in [6.07, 6.45) is 3.91. The first-order chi connectivity index (χ1) is 7.72. The highest BCUT2D eigenvalue weighted by molar-refractivity contribution is 5.62.